The number of hydrogen-bond acceptors (Lipinski definition) is 0. The van der Waals surface area contributed by atoms with Crippen LogP contribution in [0.25, 0.3) is 0 Å². The van der Waals surface area contributed by atoms with Crippen LogP contribution in [0, 0.1) is 17.8 Å². The Morgan fingerprint density at radius 3 is 2.09 bits per heavy atom. The maximum atomic E-state index is 2.35. The Bertz CT molecular complexity index is 113. The SMILES string of the molecule is C/C=C/C(C)C(C)C(C)CC. The molecule has 0 bridgehead atoms. The Kier molecular flexibility index (Phi) is 5.27. The van der Waals surface area contributed by atoms with Gasteiger partial charge in [0.25, 0.3) is 0 Å². The smallest absolute Gasteiger partial charge is 0.0234 e. The second-order valence-corrected chi connectivity index (χ2v) is 3.63. The third-order valence-corrected chi connectivity index (χ3v) is 2.87. The first-order chi connectivity index (χ1) is 5.13. The van der Waals surface area contributed by atoms with Crippen LogP contribution in [-0.4, -0.2) is 0 Å². The van der Waals surface area contributed by atoms with Crippen molar-refractivity contribution in [2.45, 2.75) is 41.0 Å². The van der Waals surface area contributed by atoms with Crippen LogP contribution < -0.4 is 0 Å². The molecule has 0 N–H and O–H groups in total. The van der Waals surface area contributed by atoms with E-state index in [1.54, 1.807) is 0 Å². The fourth-order valence-electron chi connectivity index (χ4n) is 1.37. The summed E-state index contributed by atoms with van der Waals surface area (Å²) in [5.74, 6) is 2.40. The summed E-state index contributed by atoms with van der Waals surface area (Å²) in [6, 6.07) is 0. The summed E-state index contributed by atoms with van der Waals surface area (Å²) in [4.78, 5) is 0. The minimum absolute atomic E-state index is 0.731. The fraction of sp³-hybridized carbons (Fsp3) is 0.818. The van der Waals surface area contributed by atoms with E-state index in [2.05, 4.69) is 46.8 Å². The van der Waals surface area contributed by atoms with Gasteiger partial charge in [0.15, 0.2) is 0 Å². The van der Waals surface area contributed by atoms with E-state index < -0.39 is 0 Å². The monoisotopic (exact) mass is 154 g/mol. The molecule has 0 heteroatoms. The maximum Gasteiger partial charge on any atom is -0.0234 e. The van der Waals surface area contributed by atoms with Crippen LogP contribution in [0.4, 0.5) is 0 Å². The van der Waals surface area contributed by atoms with Gasteiger partial charge in [-0.25, -0.2) is 0 Å². The molecule has 0 saturated heterocycles. The summed E-state index contributed by atoms with van der Waals surface area (Å²) in [5, 5.41) is 0. The second kappa shape index (κ2) is 5.40. The Balaban J connectivity index is 3.90. The van der Waals surface area contributed by atoms with Crippen LogP contribution in [-0.2, 0) is 0 Å². The molecule has 0 rings (SSSR count). The first-order valence-corrected chi connectivity index (χ1v) is 4.76. The van der Waals surface area contributed by atoms with Crippen LogP contribution in [0.3, 0.4) is 0 Å². The van der Waals surface area contributed by atoms with Crippen LogP contribution in [0.5, 0.6) is 0 Å². The van der Waals surface area contributed by atoms with E-state index >= 15 is 0 Å². The quantitative estimate of drug-likeness (QED) is 0.539. The highest BCUT2D eigenvalue weighted by Gasteiger charge is 2.14. The Morgan fingerprint density at radius 2 is 1.73 bits per heavy atom. The molecule has 0 fully saturated rings. The summed E-state index contributed by atoms with van der Waals surface area (Å²) in [6.45, 7) is 11.4. The highest BCUT2D eigenvalue weighted by atomic mass is 14.2. The van der Waals surface area contributed by atoms with Crippen LogP contribution in [0.15, 0.2) is 12.2 Å². The van der Waals surface area contributed by atoms with E-state index in [0.29, 0.717) is 0 Å². The molecule has 0 amide bonds. The van der Waals surface area contributed by atoms with Crippen molar-refractivity contribution >= 4 is 0 Å². The van der Waals surface area contributed by atoms with Gasteiger partial charge in [0, 0.05) is 0 Å². The fourth-order valence-corrected chi connectivity index (χ4v) is 1.37. The van der Waals surface area contributed by atoms with Crippen LogP contribution in [0.1, 0.15) is 41.0 Å². The molecular formula is C11H22. The first-order valence-electron chi connectivity index (χ1n) is 4.76. The Labute approximate surface area is 71.7 Å². The molecular weight excluding hydrogens is 132 g/mol. The Hall–Kier alpha value is -0.260. The third-order valence-electron chi connectivity index (χ3n) is 2.87. The van der Waals surface area contributed by atoms with E-state index in [1.807, 2.05) is 0 Å². The maximum absolute atomic E-state index is 2.35. The standard InChI is InChI=1S/C11H22/c1-6-8-10(4)11(5)9(3)7-2/h6,8-11H,7H2,1-5H3/b8-6+. The van der Waals surface area contributed by atoms with Crippen molar-refractivity contribution in [2.75, 3.05) is 0 Å². The van der Waals surface area contributed by atoms with Gasteiger partial charge in [0.2, 0.25) is 0 Å². The summed E-state index contributed by atoms with van der Waals surface area (Å²) in [5.41, 5.74) is 0. The molecule has 0 aliphatic rings. The molecule has 66 valence electrons. The number of rotatable bonds is 4. The molecule has 0 aromatic carbocycles. The first kappa shape index (κ1) is 10.7. The minimum Gasteiger partial charge on any atom is -0.0914 e. The molecule has 3 unspecified atom stereocenters. The third kappa shape index (κ3) is 3.60. The van der Waals surface area contributed by atoms with Gasteiger partial charge in [-0.05, 0) is 24.7 Å². The zero-order chi connectivity index (χ0) is 8.85. The predicted octanol–water partition coefficient (Wildman–Crippen LogP) is 3.88. The minimum atomic E-state index is 0.731. The summed E-state index contributed by atoms with van der Waals surface area (Å²) < 4.78 is 0. The molecule has 3 atom stereocenters. The molecule has 0 aromatic heterocycles. The molecule has 0 aliphatic carbocycles. The molecule has 0 saturated carbocycles. The highest BCUT2D eigenvalue weighted by molar-refractivity contribution is 4.86. The van der Waals surface area contributed by atoms with Gasteiger partial charge in [-0.1, -0.05) is 46.3 Å². The molecule has 0 heterocycles. The summed E-state index contributed by atoms with van der Waals surface area (Å²) in [7, 11) is 0. The van der Waals surface area contributed by atoms with Gasteiger partial charge in [0.1, 0.15) is 0 Å². The van der Waals surface area contributed by atoms with E-state index in [4.69, 9.17) is 0 Å². The van der Waals surface area contributed by atoms with E-state index in [1.165, 1.54) is 6.42 Å². The zero-order valence-corrected chi connectivity index (χ0v) is 8.59. The zero-order valence-electron chi connectivity index (χ0n) is 8.59. The average Bonchev–Trinajstić information content (AvgIpc) is 2.02. The van der Waals surface area contributed by atoms with Crippen molar-refractivity contribution in [2.24, 2.45) is 17.8 Å². The van der Waals surface area contributed by atoms with Gasteiger partial charge in [0.05, 0.1) is 0 Å². The molecule has 0 radical (unpaired) electrons. The van der Waals surface area contributed by atoms with Gasteiger partial charge < -0.3 is 0 Å². The van der Waals surface area contributed by atoms with E-state index in [9.17, 15) is 0 Å². The highest BCUT2D eigenvalue weighted by Crippen LogP contribution is 2.23. The van der Waals surface area contributed by atoms with Crippen LogP contribution in [0.2, 0.25) is 0 Å². The van der Waals surface area contributed by atoms with Crippen molar-refractivity contribution in [3.63, 3.8) is 0 Å². The molecule has 0 spiro atoms. The Morgan fingerprint density at radius 1 is 1.18 bits per heavy atom. The second-order valence-electron chi connectivity index (χ2n) is 3.63. The predicted molar refractivity (Wildman–Crippen MR) is 52.6 cm³/mol. The molecule has 0 aliphatic heterocycles. The topological polar surface area (TPSA) is 0 Å². The average molecular weight is 154 g/mol. The lowest BCUT2D eigenvalue weighted by Crippen LogP contribution is -2.13. The van der Waals surface area contributed by atoms with Crippen molar-refractivity contribution in [1.29, 1.82) is 0 Å². The summed E-state index contributed by atoms with van der Waals surface area (Å²) >= 11 is 0. The van der Waals surface area contributed by atoms with Gasteiger partial charge >= 0.3 is 0 Å². The largest absolute Gasteiger partial charge is 0.0914 e. The lowest BCUT2D eigenvalue weighted by molar-refractivity contribution is 0.312. The van der Waals surface area contributed by atoms with Gasteiger partial charge in [-0.2, -0.15) is 0 Å². The summed E-state index contributed by atoms with van der Waals surface area (Å²) in [6.07, 6.45) is 5.75. The molecule has 11 heavy (non-hydrogen) atoms. The normalized spacial score (nSPS) is 20.1. The molecule has 0 aromatic rings. The van der Waals surface area contributed by atoms with E-state index in [0.717, 1.165) is 17.8 Å². The van der Waals surface area contributed by atoms with Gasteiger partial charge in [-0.3, -0.25) is 0 Å². The number of allylic oxidation sites excluding steroid dienone is 2. The number of hydrogen-bond donors (Lipinski definition) is 0. The van der Waals surface area contributed by atoms with Crippen molar-refractivity contribution in [1.82, 2.24) is 0 Å². The lowest BCUT2D eigenvalue weighted by atomic mass is 9.83. The van der Waals surface area contributed by atoms with Crippen molar-refractivity contribution < 1.29 is 0 Å². The van der Waals surface area contributed by atoms with E-state index in [-0.39, 0.29) is 0 Å². The molecule has 0 nitrogen and oxygen atoms in total. The van der Waals surface area contributed by atoms with Gasteiger partial charge in [-0.15, -0.1) is 0 Å². The van der Waals surface area contributed by atoms with Crippen molar-refractivity contribution in [3.8, 4) is 0 Å². The lowest BCUT2D eigenvalue weighted by Gasteiger charge is -2.22. The van der Waals surface area contributed by atoms with Crippen LogP contribution >= 0.6 is 0 Å². The van der Waals surface area contributed by atoms with Crippen molar-refractivity contribution in [3.05, 3.63) is 12.2 Å².